The normalized spacial score (nSPS) is 24.7. The SMILES string of the molecule is C=C(CO)C(=O)OCC(CO)C1CCC(c2ccc3cc(C4CCC(CCCCC)CC4)ccc3c2)CC1. The zero-order chi connectivity index (χ0) is 26.9. The average Bonchev–Trinajstić information content (AvgIpc) is 2.97. The fraction of sp³-hybridized carbons (Fsp3) is 0.618. The Morgan fingerprint density at radius 3 is 2.00 bits per heavy atom. The van der Waals surface area contributed by atoms with E-state index in [1.54, 1.807) is 0 Å². The van der Waals surface area contributed by atoms with E-state index in [2.05, 4.69) is 49.9 Å². The van der Waals surface area contributed by atoms with Crippen molar-refractivity contribution >= 4 is 16.7 Å². The predicted octanol–water partition coefficient (Wildman–Crippen LogP) is 7.67. The number of aliphatic hydroxyl groups is 2. The van der Waals surface area contributed by atoms with Gasteiger partial charge in [0.2, 0.25) is 0 Å². The van der Waals surface area contributed by atoms with E-state index < -0.39 is 12.6 Å². The van der Waals surface area contributed by atoms with E-state index in [-0.39, 0.29) is 24.7 Å². The number of aliphatic hydroxyl groups excluding tert-OH is 2. The standard InChI is InChI=1S/C34H48O4/c1-3-4-5-6-25-7-9-26(10-8-25)29-15-17-32-20-30(16-18-31(32)19-29)27-11-13-28(14-12-27)33(22-36)23-38-34(37)24(2)21-35/h15-20,25-28,33,35-36H,2-14,21-23H2,1H3. The molecule has 2 aromatic rings. The van der Waals surface area contributed by atoms with Gasteiger partial charge < -0.3 is 14.9 Å². The molecule has 38 heavy (non-hydrogen) atoms. The topological polar surface area (TPSA) is 66.8 Å². The molecule has 4 heteroatoms. The van der Waals surface area contributed by atoms with Crippen molar-refractivity contribution in [2.75, 3.05) is 19.8 Å². The molecule has 1 unspecified atom stereocenters. The minimum absolute atomic E-state index is 0.00697. The van der Waals surface area contributed by atoms with Crippen LogP contribution in [0.4, 0.5) is 0 Å². The molecule has 2 aliphatic rings. The van der Waals surface area contributed by atoms with E-state index in [4.69, 9.17) is 9.84 Å². The average molecular weight is 521 g/mol. The number of carbonyl (C=O) groups is 1. The summed E-state index contributed by atoms with van der Waals surface area (Å²) in [5.74, 6) is 1.91. The molecule has 4 nitrogen and oxygen atoms in total. The lowest BCUT2D eigenvalue weighted by Gasteiger charge is -2.33. The minimum atomic E-state index is -0.575. The highest BCUT2D eigenvalue weighted by Gasteiger charge is 2.29. The Hall–Kier alpha value is -2.17. The van der Waals surface area contributed by atoms with E-state index in [0.717, 1.165) is 37.5 Å². The van der Waals surface area contributed by atoms with Gasteiger partial charge in [0.1, 0.15) is 0 Å². The monoisotopic (exact) mass is 520 g/mol. The van der Waals surface area contributed by atoms with Crippen LogP contribution in [0.3, 0.4) is 0 Å². The number of esters is 1. The largest absolute Gasteiger partial charge is 0.462 e. The number of carbonyl (C=O) groups excluding carboxylic acids is 1. The molecule has 0 saturated heterocycles. The molecule has 0 amide bonds. The molecule has 0 heterocycles. The number of hydrogen-bond donors (Lipinski definition) is 2. The van der Waals surface area contributed by atoms with Crippen LogP contribution in [-0.2, 0) is 9.53 Å². The van der Waals surface area contributed by atoms with Gasteiger partial charge in [-0.1, -0.05) is 75.6 Å². The highest BCUT2D eigenvalue weighted by Crippen LogP contribution is 2.41. The highest BCUT2D eigenvalue weighted by molar-refractivity contribution is 5.87. The van der Waals surface area contributed by atoms with Crippen molar-refractivity contribution in [3.8, 4) is 0 Å². The van der Waals surface area contributed by atoms with Gasteiger partial charge in [-0.25, -0.2) is 4.79 Å². The number of ether oxygens (including phenoxy) is 1. The second kappa shape index (κ2) is 14.3. The number of benzene rings is 2. The van der Waals surface area contributed by atoms with Crippen LogP contribution in [0, 0.1) is 17.8 Å². The lowest BCUT2D eigenvalue weighted by atomic mass is 9.74. The van der Waals surface area contributed by atoms with Gasteiger partial charge in [-0.2, -0.15) is 0 Å². The predicted molar refractivity (Wildman–Crippen MR) is 155 cm³/mol. The van der Waals surface area contributed by atoms with E-state index in [0.29, 0.717) is 11.8 Å². The van der Waals surface area contributed by atoms with E-state index in [1.165, 1.54) is 73.3 Å². The Morgan fingerprint density at radius 1 is 0.895 bits per heavy atom. The van der Waals surface area contributed by atoms with Gasteiger partial charge in [0, 0.05) is 12.5 Å². The summed E-state index contributed by atoms with van der Waals surface area (Å²) in [6, 6.07) is 14.2. The number of hydrogen-bond acceptors (Lipinski definition) is 4. The van der Waals surface area contributed by atoms with Gasteiger partial charge in [0.25, 0.3) is 0 Å². The van der Waals surface area contributed by atoms with Crippen molar-refractivity contribution in [3.63, 3.8) is 0 Å². The molecule has 0 bridgehead atoms. The summed E-state index contributed by atoms with van der Waals surface area (Å²) in [5, 5.41) is 21.6. The van der Waals surface area contributed by atoms with Crippen LogP contribution in [-0.4, -0.2) is 36.0 Å². The Bertz CT molecular complexity index is 1040. The van der Waals surface area contributed by atoms with Crippen LogP contribution in [0.2, 0.25) is 0 Å². The van der Waals surface area contributed by atoms with Crippen molar-refractivity contribution in [2.24, 2.45) is 17.8 Å². The first-order chi connectivity index (χ1) is 18.5. The van der Waals surface area contributed by atoms with Crippen molar-refractivity contribution in [1.29, 1.82) is 0 Å². The van der Waals surface area contributed by atoms with Gasteiger partial charge in [0.15, 0.2) is 0 Å². The fourth-order valence-electron chi connectivity index (χ4n) is 6.87. The summed E-state index contributed by atoms with van der Waals surface area (Å²) in [7, 11) is 0. The van der Waals surface area contributed by atoms with Crippen LogP contribution < -0.4 is 0 Å². The maximum Gasteiger partial charge on any atom is 0.335 e. The Kier molecular flexibility index (Phi) is 10.8. The van der Waals surface area contributed by atoms with Crippen LogP contribution in [0.15, 0.2) is 48.6 Å². The summed E-state index contributed by atoms with van der Waals surface area (Å²) < 4.78 is 5.28. The second-order valence-corrected chi connectivity index (χ2v) is 12.0. The molecule has 0 spiro atoms. The van der Waals surface area contributed by atoms with Crippen molar-refractivity contribution in [3.05, 3.63) is 59.7 Å². The summed E-state index contributed by atoms with van der Waals surface area (Å²) in [6.07, 6.45) is 15.2. The molecule has 2 N–H and O–H groups in total. The van der Waals surface area contributed by atoms with Gasteiger partial charge in [-0.3, -0.25) is 0 Å². The zero-order valence-electron chi connectivity index (χ0n) is 23.4. The molecule has 0 aromatic heterocycles. The Labute approximate surface area is 229 Å². The van der Waals surface area contributed by atoms with Gasteiger partial charge >= 0.3 is 5.97 Å². The third kappa shape index (κ3) is 7.48. The number of fused-ring (bicyclic) bond motifs is 1. The molecular formula is C34H48O4. The molecule has 0 aliphatic heterocycles. The lowest BCUT2D eigenvalue weighted by Crippen LogP contribution is -2.29. The highest BCUT2D eigenvalue weighted by atomic mass is 16.5. The van der Waals surface area contributed by atoms with Crippen LogP contribution in [0.1, 0.15) is 107 Å². The smallest absolute Gasteiger partial charge is 0.335 e. The first-order valence-electron chi connectivity index (χ1n) is 15.1. The van der Waals surface area contributed by atoms with Crippen molar-refractivity contribution in [2.45, 2.75) is 95.8 Å². The molecule has 2 aliphatic carbocycles. The molecule has 4 rings (SSSR count). The molecule has 2 fully saturated rings. The summed E-state index contributed by atoms with van der Waals surface area (Å²) >= 11 is 0. The Morgan fingerprint density at radius 2 is 1.47 bits per heavy atom. The maximum absolute atomic E-state index is 11.8. The van der Waals surface area contributed by atoms with Crippen molar-refractivity contribution < 1.29 is 19.7 Å². The van der Waals surface area contributed by atoms with Gasteiger partial charge in [0.05, 0.1) is 18.8 Å². The van der Waals surface area contributed by atoms with Crippen molar-refractivity contribution in [1.82, 2.24) is 0 Å². The molecule has 208 valence electrons. The van der Waals surface area contributed by atoms with Crippen LogP contribution >= 0.6 is 0 Å². The second-order valence-electron chi connectivity index (χ2n) is 12.0. The number of rotatable bonds is 12. The quantitative estimate of drug-likeness (QED) is 0.171. The lowest BCUT2D eigenvalue weighted by molar-refractivity contribution is -0.142. The third-order valence-electron chi connectivity index (χ3n) is 9.47. The molecule has 0 radical (unpaired) electrons. The zero-order valence-corrected chi connectivity index (χ0v) is 23.4. The number of unbranched alkanes of at least 4 members (excludes halogenated alkanes) is 2. The molecular weight excluding hydrogens is 472 g/mol. The minimum Gasteiger partial charge on any atom is -0.462 e. The summed E-state index contributed by atoms with van der Waals surface area (Å²) in [5.41, 5.74) is 3.00. The van der Waals surface area contributed by atoms with E-state index in [1.807, 2.05) is 0 Å². The fourth-order valence-corrected chi connectivity index (χ4v) is 6.87. The first kappa shape index (κ1) is 28.8. The molecule has 2 saturated carbocycles. The molecule has 2 aromatic carbocycles. The van der Waals surface area contributed by atoms with Gasteiger partial charge in [-0.05, 0) is 96.9 Å². The van der Waals surface area contributed by atoms with Crippen LogP contribution in [0.25, 0.3) is 10.8 Å². The van der Waals surface area contributed by atoms with Crippen LogP contribution in [0.5, 0.6) is 0 Å². The summed E-state index contributed by atoms with van der Waals surface area (Å²) in [6.45, 7) is 5.59. The van der Waals surface area contributed by atoms with E-state index in [9.17, 15) is 9.90 Å². The maximum atomic E-state index is 11.8. The third-order valence-corrected chi connectivity index (χ3v) is 9.47. The Balaban J connectivity index is 1.30. The first-order valence-corrected chi connectivity index (χ1v) is 15.1. The summed E-state index contributed by atoms with van der Waals surface area (Å²) in [4.78, 5) is 11.8. The molecule has 1 atom stereocenters. The van der Waals surface area contributed by atoms with Gasteiger partial charge in [-0.15, -0.1) is 0 Å². The van der Waals surface area contributed by atoms with E-state index >= 15 is 0 Å².